The van der Waals surface area contributed by atoms with Crippen LogP contribution in [0.5, 0.6) is 0 Å². The minimum atomic E-state index is -4.32. The van der Waals surface area contributed by atoms with Crippen molar-refractivity contribution in [1.82, 2.24) is 0 Å². The third kappa shape index (κ3) is 2.53. The topological polar surface area (TPSA) is 124 Å². The molecule has 0 amide bonds. The summed E-state index contributed by atoms with van der Waals surface area (Å²) in [6, 6.07) is 3.71. The standard InChI is InChI=1S/C11H10N2O6S/c1-6-4-7(20(17,18)19)2-3-8(6)13-5-9(14)10(12-13)11(15)16/h2-4H,5H2,1H3,(H,15,16)(H,17,18,19). The fourth-order valence-corrected chi connectivity index (χ4v) is 2.37. The van der Waals surface area contributed by atoms with Gasteiger partial charge >= 0.3 is 5.97 Å². The number of carbonyl (C=O) groups is 2. The Morgan fingerprint density at radius 1 is 1.40 bits per heavy atom. The van der Waals surface area contributed by atoms with Crippen molar-refractivity contribution in [2.24, 2.45) is 5.10 Å². The van der Waals surface area contributed by atoms with Gasteiger partial charge in [0.05, 0.1) is 10.6 Å². The molecule has 1 aromatic rings. The molecule has 1 aliphatic rings. The Morgan fingerprint density at radius 3 is 2.50 bits per heavy atom. The fourth-order valence-electron chi connectivity index (χ4n) is 1.80. The van der Waals surface area contributed by atoms with E-state index in [1.165, 1.54) is 17.1 Å². The van der Waals surface area contributed by atoms with E-state index in [1.807, 2.05) is 0 Å². The van der Waals surface area contributed by atoms with Crippen LogP contribution in [0.15, 0.2) is 28.2 Å². The molecular weight excluding hydrogens is 288 g/mol. The summed E-state index contributed by atoms with van der Waals surface area (Å²) in [5.41, 5.74) is 0.258. The molecule has 106 valence electrons. The summed E-state index contributed by atoms with van der Waals surface area (Å²) in [6.07, 6.45) is 0. The lowest BCUT2D eigenvalue weighted by molar-refractivity contribution is -0.130. The predicted molar refractivity (Wildman–Crippen MR) is 68.4 cm³/mol. The average molecular weight is 298 g/mol. The monoisotopic (exact) mass is 298 g/mol. The molecule has 0 atom stereocenters. The molecule has 9 heteroatoms. The highest BCUT2D eigenvalue weighted by Gasteiger charge is 2.30. The Balaban J connectivity index is 2.41. The van der Waals surface area contributed by atoms with Crippen LogP contribution in [0.1, 0.15) is 5.56 Å². The van der Waals surface area contributed by atoms with Crippen molar-refractivity contribution in [2.75, 3.05) is 11.6 Å². The summed E-state index contributed by atoms with van der Waals surface area (Å²) >= 11 is 0. The second kappa shape index (κ2) is 4.69. The number of Topliss-reactive ketones (excluding diaryl/α,β-unsaturated/α-hetero) is 1. The van der Waals surface area contributed by atoms with Gasteiger partial charge in [-0.3, -0.25) is 14.4 Å². The number of nitrogens with zero attached hydrogens (tertiary/aromatic N) is 2. The van der Waals surface area contributed by atoms with Gasteiger partial charge in [-0.2, -0.15) is 13.5 Å². The number of ketones is 1. The number of carboxylic acids is 1. The second-order valence-electron chi connectivity index (χ2n) is 4.16. The van der Waals surface area contributed by atoms with E-state index in [0.717, 1.165) is 6.07 Å². The van der Waals surface area contributed by atoms with Crippen LogP contribution < -0.4 is 5.01 Å². The Labute approximate surface area is 114 Å². The lowest BCUT2D eigenvalue weighted by Crippen LogP contribution is -2.23. The summed E-state index contributed by atoms with van der Waals surface area (Å²) in [5.74, 6) is -2.04. The zero-order valence-corrected chi connectivity index (χ0v) is 11.1. The van der Waals surface area contributed by atoms with Crippen LogP contribution in [0.3, 0.4) is 0 Å². The third-order valence-corrected chi connectivity index (χ3v) is 3.57. The lowest BCUT2D eigenvalue weighted by atomic mass is 10.2. The first kappa shape index (κ1) is 14.2. The maximum absolute atomic E-state index is 11.4. The number of hydrogen-bond donors (Lipinski definition) is 2. The minimum absolute atomic E-state index is 0.228. The molecule has 0 saturated heterocycles. The van der Waals surface area contributed by atoms with Gasteiger partial charge in [0.15, 0.2) is 0 Å². The van der Waals surface area contributed by atoms with Gasteiger partial charge < -0.3 is 5.11 Å². The Bertz CT molecular complexity index is 737. The number of aryl methyl sites for hydroxylation is 1. The highest BCUT2D eigenvalue weighted by Crippen LogP contribution is 2.25. The number of rotatable bonds is 3. The number of hydrazone groups is 1. The van der Waals surface area contributed by atoms with Crippen LogP contribution in [0.25, 0.3) is 0 Å². The van der Waals surface area contributed by atoms with E-state index in [0.29, 0.717) is 11.3 Å². The minimum Gasteiger partial charge on any atom is -0.476 e. The molecule has 0 spiro atoms. The van der Waals surface area contributed by atoms with E-state index >= 15 is 0 Å². The second-order valence-corrected chi connectivity index (χ2v) is 5.58. The number of hydrogen-bond acceptors (Lipinski definition) is 6. The van der Waals surface area contributed by atoms with E-state index < -0.39 is 27.6 Å². The first-order valence-electron chi connectivity index (χ1n) is 5.41. The molecule has 2 rings (SSSR count). The lowest BCUT2D eigenvalue weighted by Gasteiger charge is -2.15. The van der Waals surface area contributed by atoms with Gasteiger partial charge in [-0.25, -0.2) is 4.79 Å². The van der Waals surface area contributed by atoms with E-state index in [9.17, 15) is 18.0 Å². The molecule has 1 aliphatic heterocycles. The zero-order valence-electron chi connectivity index (χ0n) is 10.3. The molecule has 1 aromatic carbocycles. The summed E-state index contributed by atoms with van der Waals surface area (Å²) in [5, 5.41) is 13.6. The quantitative estimate of drug-likeness (QED) is 0.756. The van der Waals surface area contributed by atoms with Crippen molar-refractivity contribution < 1.29 is 27.7 Å². The number of anilines is 1. The molecule has 0 radical (unpaired) electrons. The van der Waals surface area contributed by atoms with Crippen LogP contribution in [0, 0.1) is 6.92 Å². The van der Waals surface area contributed by atoms with Gasteiger partial charge in [-0.1, -0.05) is 0 Å². The normalized spacial score (nSPS) is 15.4. The number of benzene rings is 1. The first-order chi connectivity index (χ1) is 9.20. The van der Waals surface area contributed by atoms with Gasteiger partial charge in [0.1, 0.15) is 6.54 Å². The Kier molecular flexibility index (Phi) is 3.32. The summed E-state index contributed by atoms with van der Waals surface area (Å²) in [4.78, 5) is 21.9. The van der Waals surface area contributed by atoms with E-state index in [1.54, 1.807) is 6.92 Å². The van der Waals surface area contributed by atoms with Crippen LogP contribution in [0.4, 0.5) is 5.69 Å². The van der Waals surface area contributed by atoms with E-state index in [-0.39, 0.29) is 11.4 Å². The maximum Gasteiger partial charge on any atom is 0.360 e. The number of aliphatic carboxylic acids is 1. The first-order valence-corrected chi connectivity index (χ1v) is 6.85. The van der Waals surface area contributed by atoms with Crippen molar-refractivity contribution in [3.05, 3.63) is 23.8 Å². The SMILES string of the molecule is Cc1cc(S(=O)(=O)O)ccc1N1CC(=O)C(C(=O)O)=N1. The smallest absolute Gasteiger partial charge is 0.360 e. The van der Waals surface area contributed by atoms with Crippen LogP contribution in [-0.4, -0.2) is 42.1 Å². The van der Waals surface area contributed by atoms with Crippen molar-refractivity contribution in [3.63, 3.8) is 0 Å². The van der Waals surface area contributed by atoms with Crippen molar-refractivity contribution in [1.29, 1.82) is 0 Å². The van der Waals surface area contributed by atoms with Crippen molar-refractivity contribution >= 4 is 33.3 Å². The third-order valence-electron chi connectivity index (χ3n) is 2.72. The van der Waals surface area contributed by atoms with Crippen molar-refractivity contribution in [2.45, 2.75) is 11.8 Å². The molecule has 8 nitrogen and oxygen atoms in total. The molecule has 2 N–H and O–H groups in total. The fraction of sp³-hybridized carbons (Fsp3) is 0.182. The highest BCUT2D eigenvalue weighted by atomic mass is 32.2. The average Bonchev–Trinajstić information content (AvgIpc) is 2.69. The van der Waals surface area contributed by atoms with Gasteiger partial charge in [0.25, 0.3) is 10.1 Å². The van der Waals surface area contributed by atoms with Gasteiger partial charge in [0, 0.05) is 0 Å². The molecule has 1 heterocycles. The van der Waals surface area contributed by atoms with Crippen LogP contribution >= 0.6 is 0 Å². The molecule has 0 unspecified atom stereocenters. The van der Waals surface area contributed by atoms with Crippen molar-refractivity contribution in [3.8, 4) is 0 Å². The molecule has 20 heavy (non-hydrogen) atoms. The van der Waals surface area contributed by atoms with Gasteiger partial charge in [0.2, 0.25) is 11.5 Å². The molecule has 0 saturated carbocycles. The maximum atomic E-state index is 11.4. The van der Waals surface area contributed by atoms with E-state index in [4.69, 9.17) is 9.66 Å². The molecule has 0 aromatic heterocycles. The van der Waals surface area contributed by atoms with Crippen LogP contribution in [0.2, 0.25) is 0 Å². The summed E-state index contributed by atoms with van der Waals surface area (Å²) in [7, 11) is -4.32. The largest absolute Gasteiger partial charge is 0.476 e. The van der Waals surface area contributed by atoms with Gasteiger partial charge in [-0.15, -0.1) is 0 Å². The molecular formula is C11H10N2O6S. The predicted octanol–water partition coefficient (Wildman–Crippen LogP) is 0.0714. The Hall–Kier alpha value is -2.26. The zero-order chi connectivity index (χ0) is 15.1. The van der Waals surface area contributed by atoms with Crippen LogP contribution in [-0.2, 0) is 19.7 Å². The Morgan fingerprint density at radius 2 is 2.05 bits per heavy atom. The molecule has 0 bridgehead atoms. The highest BCUT2D eigenvalue weighted by molar-refractivity contribution is 7.85. The van der Waals surface area contributed by atoms with E-state index in [2.05, 4.69) is 5.10 Å². The summed E-state index contributed by atoms with van der Waals surface area (Å²) < 4.78 is 30.9. The van der Waals surface area contributed by atoms with Gasteiger partial charge in [-0.05, 0) is 30.7 Å². The summed E-state index contributed by atoms with van der Waals surface area (Å²) in [6.45, 7) is 1.33. The molecule has 0 aliphatic carbocycles. The number of carbonyl (C=O) groups excluding carboxylic acids is 1. The number of carboxylic acid groups (broad SMARTS) is 1. The molecule has 0 fully saturated rings.